The van der Waals surface area contributed by atoms with Gasteiger partial charge in [0, 0.05) is 12.8 Å². The second-order valence-corrected chi connectivity index (χ2v) is 5.34. The largest absolute Gasteiger partial charge is 0.393 e. The fourth-order valence-electron chi connectivity index (χ4n) is 3.60. The Hall–Kier alpha value is -0.120. The van der Waals surface area contributed by atoms with Crippen LogP contribution in [-0.4, -0.2) is 30.2 Å². The Kier molecular flexibility index (Phi) is 2.49. The number of ether oxygens (including phenoxy) is 2. The summed E-state index contributed by atoms with van der Waals surface area (Å²) in [5.41, 5.74) is 0. The minimum atomic E-state index is -0.266. The second kappa shape index (κ2) is 3.72. The van der Waals surface area contributed by atoms with Crippen LogP contribution in [0.15, 0.2) is 0 Å². The van der Waals surface area contributed by atoms with E-state index in [4.69, 9.17) is 9.47 Å². The SMILES string of the molecule is OC1CCC2CCC3(CC2C1)OCCO3. The van der Waals surface area contributed by atoms with E-state index in [1.165, 1.54) is 12.8 Å². The zero-order valence-electron chi connectivity index (χ0n) is 9.15. The molecule has 2 saturated carbocycles. The van der Waals surface area contributed by atoms with Crippen molar-refractivity contribution in [2.45, 2.75) is 50.4 Å². The maximum absolute atomic E-state index is 9.70. The molecule has 3 rings (SSSR count). The molecule has 0 aromatic heterocycles. The molecule has 2 aliphatic carbocycles. The van der Waals surface area contributed by atoms with Crippen molar-refractivity contribution in [2.24, 2.45) is 11.8 Å². The maximum atomic E-state index is 9.70. The van der Waals surface area contributed by atoms with Gasteiger partial charge in [0.2, 0.25) is 0 Å². The third-order valence-electron chi connectivity index (χ3n) is 4.39. The molecule has 1 aliphatic heterocycles. The van der Waals surface area contributed by atoms with Crippen molar-refractivity contribution >= 4 is 0 Å². The molecule has 3 nitrogen and oxygen atoms in total. The highest BCUT2D eigenvalue weighted by Crippen LogP contribution is 2.47. The van der Waals surface area contributed by atoms with E-state index in [-0.39, 0.29) is 11.9 Å². The molecule has 1 heterocycles. The van der Waals surface area contributed by atoms with E-state index in [0.717, 1.165) is 44.8 Å². The highest BCUT2D eigenvalue weighted by Gasteiger charge is 2.46. The van der Waals surface area contributed by atoms with Crippen LogP contribution in [0.4, 0.5) is 0 Å². The van der Waals surface area contributed by atoms with Gasteiger partial charge in [-0.05, 0) is 37.5 Å². The lowest BCUT2D eigenvalue weighted by molar-refractivity contribution is -0.201. The first-order chi connectivity index (χ1) is 7.27. The van der Waals surface area contributed by atoms with Crippen LogP contribution in [-0.2, 0) is 9.47 Å². The molecule has 0 radical (unpaired) electrons. The van der Waals surface area contributed by atoms with Crippen molar-refractivity contribution in [2.75, 3.05) is 13.2 Å². The Morgan fingerprint density at radius 2 is 1.80 bits per heavy atom. The molecular weight excluding hydrogens is 192 g/mol. The number of hydrogen-bond donors (Lipinski definition) is 1. The van der Waals surface area contributed by atoms with Crippen molar-refractivity contribution in [3.8, 4) is 0 Å². The summed E-state index contributed by atoms with van der Waals surface area (Å²) in [7, 11) is 0. The minimum absolute atomic E-state index is 0.0807. The molecule has 86 valence electrons. The van der Waals surface area contributed by atoms with E-state index in [1.54, 1.807) is 0 Å². The summed E-state index contributed by atoms with van der Waals surface area (Å²) in [5.74, 6) is 1.17. The Labute approximate surface area is 90.8 Å². The van der Waals surface area contributed by atoms with Crippen LogP contribution in [0.3, 0.4) is 0 Å². The maximum Gasteiger partial charge on any atom is 0.168 e. The van der Waals surface area contributed by atoms with Gasteiger partial charge < -0.3 is 14.6 Å². The van der Waals surface area contributed by atoms with Crippen LogP contribution < -0.4 is 0 Å². The summed E-state index contributed by atoms with van der Waals surface area (Å²) < 4.78 is 11.5. The van der Waals surface area contributed by atoms with Crippen molar-refractivity contribution in [3.63, 3.8) is 0 Å². The molecule has 3 aliphatic rings. The van der Waals surface area contributed by atoms with Gasteiger partial charge in [0.25, 0.3) is 0 Å². The fraction of sp³-hybridized carbons (Fsp3) is 1.00. The zero-order chi connectivity index (χ0) is 10.3. The summed E-state index contributed by atoms with van der Waals surface area (Å²) in [6.45, 7) is 1.50. The molecule has 3 fully saturated rings. The topological polar surface area (TPSA) is 38.7 Å². The smallest absolute Gasteiger partial charge is 0.168 e. The lowest BCUT2D eigenvalue weighted by atomic mass is 9.68. The van der Waals surface area contributed by atoms with E-state index >= 15 is 0 Å². The lowest BCUT2D eigenvalue weighted by Crippen LogP contribution is -2.43. The molecule has 0 aromatic carbocycles. The number of aliphatic hydroxyl groups is 1. The Morgan fingerprint density at radius 1 is 1.00 bits per heavy atom. The monoisotopic (exact) mass is 212 g/mol. The zero-order valence-corrected chi connectivity index (χ0v) is 9.15. The Balaban J connectivity index is 1.69. The van der Waals surface area contributed by atoms with Crippen LogP contribution in [0.5, 0.6) is 0 Å². The quantitative estimate of drug-likeness (QED) is 0.664. The minimum Gasteiger partial charge on any atom is -0.393 e. The molecule has 0 aromatic rings. The van der Waals surface area contributed by atoms with Crippen molar-refractivity contribution < 1.29 is 14.6 Å². The summed E-state index contributed by atoms with van der Waals surface area (Å²) in [6, 6.07) is 0. The number of aliphatic hydroxyl groups excluding tert-OH is 1. The second-order valence-electron chi connectivity index (χ2n) is 5.34. The van der Waals surface area contributed by atoms with Gasteiger partial charge in [-0.1, -0.05) is 0 Å². The lowest BCUT2D eigenvalue weighted by Gasteiger charge is -2.44. The average molecular weight is 212 g/mol. The molecule has 0 bridgehead atoms. The first-order valence-electron chi connectivity index (χ1n) is 6.23. The Bertz CT molecular complexity index is 235. The summed E-state index contributed by atoms with van der Waals surface area (Å²) >= 11 is 0. The van der Waals surface area contributed by atoms with E-state index in [0.29, 0.717) is 5.92 Å². The predicted octanol–water partition coefficient (Wildman–Crippen LogP) is 1.69. The van der Waals surface area contributed by atoms with Crippen molar-refractivity contribution in [1.29, 1.82) is 0 Å². The van der Waals surface area contributed by atoms with Gasteiger partial charge in [-0.15, -0.1) is 0 Å². The summed E-state index contributed by atoms with van der Waals surface area (Å²) in [4.78, 5) is 0. The molecule has 1 saturated heterocycles. The van der Waals surface area contributed by atoms with E-state index in [2.05, 4.69) is 0 Å². The molecule has 15 heavy (non-hydrogen) atoms. The molecule has 0 amide bonds. The van der Waals surface area contributed by atoms with Gasteiger partial charge in [-0.25, -0.2) is 0 Å². The molecule has 1 N–H and O–H groups in total. The first-order valence-corrected chi connectivity index (χ1v) is 6.23. The van der Waals surface area contributed by atoms with Crippen molar-refractivity contribution in [3.05, 3.63) is 0 Å². The predicted molar refractivity (Wildman–Crippen MR) is 55.3 cm³/mol. The fourth-order valence-corrected chi connectivity index (χ4v) is 3.60. The number of hydrogen-bond acceptors (Lipinski definition) is 3. The highest BCUT2D eigenvalue weighted by molar-refractivity contribution is 4.91. The van der Waals surface area contributed by atoms with Crippen LogP contribution in [0.2, 0.25) is 0 Å². The van der Waals surface area contributed by atoms with Gasteiger partial charge in [-0.3, -0.25) is 0 Å². The highest BCUT2D eigenvalue weighted by atomic mass is 16.7. The first kappa shape index (κ1) is 10.1. The molecule has 3 atom stereocenters. The molecule has 3 unspecified atom stereocenters. The molecule has 1 spiro atoms. The number of rotatable bonds is 0. The van der Waals surface area contributed by atoms with Gasteiger partial charge in [-0.2, -0.15) is 0 Å². The van der Waals surface area contributed by atoms with Gasteiger partial charge in [0.15, 0.2) is 5.79 Å². The van der Waals surface area contributed by atoms with Gasteiger partial charge in [0.1, 0.15) is 0 Å². The van der Waals surface area contributed by atoms with E-state index in [1.807, 2.05) is 0 Å². The van der Waals surface area contributed by atoms with E-state index < -0.39 is 0 Å². The summed E-state index contributed by atoms with van der Waals surface area (Å²) in [5, 5.41) is 9.70. The van der Waals surface area contributed by atoms with Crippen LogP contribution in [0, 0.1) is 11.8 Å². The van der Waals surface area contributed by atoms with Crippen LogP contribution >= 0.6 is 0 Å². The van der Waals surface area contributed by atoms with Gasteiger partial charge in [0.05, 0.1) is 19.3 Å². The number of fused-ring (bicyclic) bond motifs is 1. The van der Waals surface area contributed by atoms with Crippen LogP contribution in [0.1, 0.15) is 38.5 Å². The normalized spacial score (nSPS) is 44.2. The van der Waals surface area contributed by atoms with Gasteiger partial charge >= 0.3 is 0 Å². The van der Waals surface area contributed by atoms with Crippen molar-refractivity contribution in [1.82, 2.24) is 0 Å². The molecule has 3 heteroatoms. The van der Waals surface area contributed by atoms with Crippen LogP contribution in [0.25, 0.3) is 0 Å². The third-order valence-corrected chi connectivity index (χ3v) is 4.39. The summed E-state index contributed by atoms with van der Waals surface area (Å²) in [6.07, 6.45) is 6.36. The van der Waals surface area contributed by atoms with E-state index in [9.17, 15) is 5.11 Å². The average Bonchev–Trinajstić information content (AvgIpc) is 2.66. The third kappa shape index (κ3) is 1.81. The molecular formula is C12H20O3. The Morgan fingerprint density at radius 3 is 2.60 bits per heavy atom. The standard InChI is InChI=1S/C12H20O3/c13-11-2-1-9-3-4-12(8-10(9)7-11)14-5-6-15-12/h9-11,13H,1-8H2.